The van der Waals surface area contributed by atoms with Gasteiger partial charge in [-0.2, -0.15) is 5.10 Å². The summed E-state index contributed by atoms with van der Waals surface area (Å²) in [4.78, 5) is 36.8. The van der Waals surface area contributed by atoms with Gasteiger partial charge < -0.3 is 10.1 Å². The second kappa shape index (κ2) is 11.1. The highest BCUT2D eigenvalue weighted by Gasteiger charge is 2.17. The molecule has 0 aromatic heterocycles. The molecule has 2 amide bonds. The molecular formula is C23H16BrCl2N3O4. The van der Waals surface area contributed by atoms with Crippen LogP contribution in [0, 0.1) is 0 Å². The Hall–Kier alpha value is -3.20. The number of carbonyl (C=O) groups is 3. The number of carbonyl (C=O) groups excluding carboxylic acids is 3. The number of hydrazone groups is 1. The minimum Gasteiger partial charge on any atom is -0.422 e. The van der Waals surface area contributed by atoms with Gasteiger partial charge in [0, 0.05) is 25.8 Å². The molecule has 0 saturated heterocycles. The Balaban J connectivity index is 1.70. The second-order valence-corrected chi connectivity index (χ2v) is 8.34. The number of anilines is 1. The molecule has 33 heavy (non-hydrogen) atoms. The third kappa shape index (κ3) is 6.64. The van der Waals surface area contributed by atoms with Crippen molar-refractivity contribution >= 4 is 68.3 Å². The number of nitrogens with one attached hydrogen (secondary N) is 2. The summed E-state index contributed by atoms with van der Waals surface area (Å²) >= 11 is 15.1. The molecule has 168 valence electrons. The summed E-state index contributed by atoms with van der Waals surface area (Å²) in [6.45, 7) is 1.60. The molecule has 7 nitrogen and oxygen atoms in total. The van der Waals surface area contributed by atoms with Gasteiger partial charge in [0.15, 0.2) is 0 Å². The summed E-state index contributed by atoms with van der Waals surface area (Å²) in [5.74, 6) is -2.29. The number of nitrogens with zero attached hydrogens (tertiary/aromatic N) is 1. The van der Waals surface area contributed by atoms with Crippen LogP contribution >= 0.6 is 39.1 Å². The van der Waals surface area contributed by atoms with Gasteiger partial charge in [-0.25, -0.2) is 10.2 Å². The zero-order valence-electron chi connectivity index (χ0n) is 17.1. The van der Waals surface area contributed by atoms with Crippen molar-refractivity contribution in [2.24, 2.45) is 5.10 Å². The first-order chi connectivity index (χ1) is 15.7. The maximum Gasteiger partial charge on any atom is 0.344 e. The molecule has 3 rings (SSSR count). The minimum atomic E-state index is -1.01. The van der Waals surface area contributed by atoms with Crippen molar-refractivity contribution in [1.29, 1.82) is 0 Å². The lowest BCUT2D eigenvalue weighted by molar-refractivity contribution is -0.136. The van der Waals surface area contributed by atoms with Gasteiger partial charge in [-0.1, -0.05) is 47.5 Å². The van der Waals surface area contributed by atoms with Crippen molar-refractivity contribution in [3.63, 3.8) is 0 Å². The summed E-state index contributed by atoms with van der Waals surface area (Å²) in [7, 11) is 0. The number of hydrogen-bond acceptors (Lipinski definition) is 5. The van der Waals surface area contributed by atoms with Crippen molar-refractivity contribution < 1.29 is 19.1 Å². The zero-order chi connectivity index (χ0) is 24.0. The van der Waals surface area contributed by atoms with E-state index >= 15 is 0 Å². The SMILES string of the molecule is CC(=NNC(=O)C(=O)Nc1cc(Cl)cc(Cl)c1)c1ccccc1OC(=O)c1ccccc1Br. The van der Waals surface area contributed by atoms with Gasteiger partial charge in [0.25, 0.3) is 0 Å². The fourth-order valence-corrected chi connectivity index (χ4v) is 3.67. The maximum atomic E-state index is 12.6. The number of ether oxygens (including phenoxy) is 1. The van der Waals surface area contributed by atoms with E-state index in [1.165, 1.54) is 18.2 Å². The number of benzene rings is 3. The van der Waals surface area contributed by atoms with Crippen LogP contribution in [-0.4, -0.2) is 23.5 Å². The second-order valence-electron chi connectivity index (χ2n) is 6.62. The van der Waals surface area contributed by atoms with E-state index in [1.807, 2.05) is 0 Å². The van der Waals surface area contributed by atoms with Crippen LogP contribution in [0.15, 0.2) is 76.3 Å². The monoisotopic (exact) mass is 547 g/mol. The van der Waals surface area contributed by atoms with Crippen LogP contribution in [0.5, 0.6) is 5.75 Å². The van der Waals surface area contributed by atoms with E-state index < -0.39 is 17.8 Å². The number of esters is 1. The topological polar surface area (TPSA) is 96.9 Å². The first-order valence-electron chi connectivity index (χ1n) is 9.42. The van der Waals surface area contributed by atoms with Gasteiger partial charge in [0.05, 0.1) is 11.3 Å². The van der Waals surface area contributed by atoms with E-state index in [0.717, 1.165) is 0 Å². The molecule has 2 N–H and O–H groups in total. The van der Waals surface area contributed by atoms with Crippen LogP contribution in [0.3, 0.4) is 0 Å². The van der Waals surface area contributed by atoms with Crippen LogP contribution in [0.25, 0.3) is 0 Å². The Morgan fingerprint density at radius 2 is 1.48 bits per heavy atom. The highest BCUT2D eigenvalue weighted by molar-refractivity contribution is 9.10. The Bertz CT molecular complexity index is 1240. The lowest BCUT2D eigenvalue weighted by atomic mass is 10.1. The molecule has 0 bridgehead atoms. The molecule has 0 aliphatic heterocycles. The number of rotatable bonds is 5. The summed E-state index contributed by atoms with van der Waals surface area (Å²) < 4.78 is 6.12. The normalized spacial score (nSPS) is 11.0. The van der Waals surface area contributed by atoms with Gasteiger partial charge in [0.1, 0.15) is 5.75 Å². The Morgan fingerprint density at radius 1 is 0.879 bits per heavy atom. The van der Waals surface area contributed by atoms with Crippen LogP contribution in [0.1, 0.15) is 22.8 Å². The Labute approximate surface area is 207 Å². The van der Waals surface area contributed by atoms with Crippen molar-refractivity contribution in [1.82, 2.24) is 5.43 Å². The number of halogens is 3. The van der Waals surface area contributed by atoms with E-state index in [9.17, 15) is 14.4 Å². The molecule has 3 aromatic rings. The third-order valence-corrected chi connectivity index (χ3v) is 5.35. The highest BCUT2D eigenvalue weighted by atomic mass is 79.9. The molecule has 0 unspecified atom stereocenters. The van der Waals surface area contributed by atoms with Crippen molar-refractivity contribution in [2.75, 3.05) is 5.32 Å². The molecule has 3 aromatic carbocycles. The van der Waals surface area contributed by atoms with E-state index in [-0.39, 0.29) is 11.4 Å². The number of amides is 2. The van der Waals surface area contributed by atoms with E-state index in [4.69, 9.17) is 27.9 Å². The summed E-state index contributed by atoms with van der Waals surface area (Å²) in [5.41, 5.74) is 3.57. The maximum absolute atomic E-state index is 12.6. The fraction of sp³-hybridized carbons (Fsp3) is 0.0435. The average Bonchev–Trinajstić information content (AvgIpc) is 2.77. The Kier molecular flexibility index (Phi) is 8.21. The summed E-state index contributed by atoms with van der Waals surface area (Å²) in [6.07, 6.45) is 0. The van der Waals surface area contributed by atoms with Crippen LogP contribution in [0.4, 0.5) is 5.69 Å². The first-order valence-corrected chi connectivity index (χ1v) is 11.0. The van der Waals surface area contributed by atoms with Gasteiger partial charge >= 0.3 is 17.8 Å². The van der Waals surface area contributed by atoms with Gasteiger partial charge in [-0.05, 0) is 65.3 Å². The smallest absolute Gasteiger partial charge is 0.344 e. The molecule has 0 atom stereocenters. The van der Waals surface area contributed by atoms with E-state index in [2.05, 4.69) is 31.8 Å². The fourth-order valence-electron chi connectivity index (χ4n) is 2.70. The van der Waals surface area contributed by atoms with Gasteiger partial charge in [-0.3, -0.25) is 9.59 Å². The molecule has 0 fully saturated rings. The highest BCUT2D eigenvalue weighted by Crippen LogP contribution is 2.24. The zero-order valence-corrected chi connectivity index (χ0v) is 20.2. The predicted molar refractivity (Wildman–Crippen MR) is 131 cm³/mol. The molecule has 0 spiro atoms. The third-order valence-electron chi connectivity index (χ3n) is 4.23. The molecular weight excluding hydrogens is 533 g/mol. The number of para-hydroxylation sites is 1. The van der Waals surface area contributed by atoms with Crippen molar-refractivity contribution in [2.45, 2.75) is 6.92 Å². The quantitative estimate of drug-likeness (QED) is 0.145. The molecule has 0 heterocycles. The molecule has 0 radical (unpaired) electrons. The van der Waals surface area contributed by atoms with Crippen LogP contribution in [0.2, 0.25) is 10.0 Å². The first kappa shape index (κ1) is 24.4. The Morgan fingerprint density at radius 3 is 2.15 bits per heavy atom. The summed E-state index contributed by atoms with van der Waals surface area (Å²) in [6, 6.07) is 17.9. The molecule has 10 heteroatoms. The van der Waals surface area contributed by atoms with Crippen LogP contribution in [-0.2, 0) is 9.59 Å². The predicted octanol–water partition coefficient (Wildman–Crippen LogP) is 5.45. The largest absolute Gasteiger partial charge is 0.422 e. The van der Waals surface area contributed by atoms with Crippen molar-refractivity contribution in [3.05, 3.63) is 92.4 Å². The van der Waals surface area contributed by atoms with Crippen LogP contribution < -0.4 is 15.5 Å². The lowest BCUT2D eigenvalue weighted by Crippen LogP contribution is -2.33. The minimum absolute atomic E-state index is 0.242. The molecule has 0 aliphatic carbocycles. The van der Waals surface area contributed by atoms with E-state index in [1.54, 1.807) is 55.5 Å². The lowest BCUT2D eigenvalue weighted by Gasteiger charge is -2.11. The molecule has 0 saturated carbocycles. The average molecular weight is 549 g/mol. The molecule has 0 aliphatic rings. The summed E-state index contributed by atoms with van der Waals surface area (Å²) in [5, 5.41) is 6.95. The standard InChI is InChI=1S/C23H16BrCl2N3O4/c1-13(28-29-22(31)21(30)27-16-11-14(25)10-15(26)12-16)17-6-3-5-9-20(17)33-23(32)18-7-2-4-8-19(18)24/h2-12H,1H3,(H,27,30)(H,29,31). The van der Waals surface area contributed by atoms with Crippen molar-refractivity contribution in [3.8, 4) is 5.75 Å². The number of hydrogen-bond donors (Lipinski definition) is 2. The van der Waals surface area contributed by atoms with E-state index in [0.29, 0.717) is 31.4 Å². The van der Waals surface area contributed by atoms with Gasteiger partial charge in [-0.15, -0.1) is 0 Å². The van der Waals surface area contributed by atoms with Gasteiger partial charge in [0.2, 0.25) is 0 Å².